The van der Waals surface area contributed by atoms with Gasteiger partial charge in [0.2, 0.25) is 0 Å². The summed E-state index contributed by atoms with van der Waals surface area (Å²) in [4.78, 5) is 22.8. The van der Waals surface area contributed by atoms with Crippen molar-refractivity contribution >= 4 is 11.8 Å². The zero-order chi connectivity index (χ0) is 20.4. The Bertz CT molecular complexity index is 521. The van der Waals surface area contributed by atoms with Crippen molar-refractivity contribution in [3.8, 4) is 0 Å². The van der Waals surface area contributed by atoms with Crippen LogP contribution in [-0.2, 0) is 9.59 Å². The lowest BCUT2D eigenvalue weighted by Crippen LogP contribution is -2.40. The summed E-state index contributed by atoms with van der Waals surface area (Å²) in [5.74, 6) is 0.0824. The third-order valence-electron chi connectivity index (χ3n) is 7.11. The molecule has 0 aromatic heterocycles. The Morgan fingerprint density at radius 1 is 1.18 bits per heavy atom. The van der Waals surface area contributed by atoms with Crippen LogP contribution < -0.4 is 0 Å². The molecule has 4 heteroatoms. The molecule has 2 aliphatic rings. The van der Waals surface area contributed by atoms with Gasteiger partial charge in [-0.1, -0.05) is 64.0 Å². The molecule has 0 bridgehead atoms. The lowest BCUT2D eigenvalue weighted by atomic mass is 9.62. The number of aliphatic hydroxyl groups is 1. The van der Waals surface area contributed by atoms with E-state index in [1.165, 1.54) is 19.3 Å². The van der Waals surface area contributed by atoms with Gasteiger partial charge >= 0.3 is 5.97 Å². The van der Waals surface area contributed by atoms with Gasteiger partial charge in [0.05, 0.1) is 6.10 Å². The molecular formula is C24H40O4. The molecule has 0 spiro atoms. The summed E-state index contributed by atoms with van der Waals surface area (Å²) < 4.78 is 0. The molecule has 0 saturated heterocycles. The minimum atomic E-state index is -0.716. The number of rotatable bonds is 14. The summed E-state index contributed by atoms with van der Waals surface area (Å²) in [6.07, 6.45) is 18.4. The minimum Gasteiger partial charge on any atom is -0.481 e. The van der Waals surface area contributed by atoms with Gasteiger partial charge in [-0.2, -0.15) is 0 Å². The van der Waals surface area contributed by atoms with Gasteiger partial charge < -0.3 is 10.2 Å². The monoisotopic (exact) mass is 392 g/mol. The number of unbranched alkanes of at least 4 members (excludes halogenated alkanes) is 5. The van der Waals surface area contributed by atoms with Gasteiger partial charge in [-0.15, -0.1) is 0 Å². The standard InChI is InChI=1S/C24H40O4/c1-2-3-16-24(17-9-18-24)22(26)15-13-19-12-14-21(25)20(19)10-7-5-4-6-8-11-23(27)28/h13,15,19-20,22,26H,2-12,14,16-18H2,1H3,(H,27,28)/b15-13+/t19?,20-,22-/m1/s1. The van der Waals surface area contributed by atoms with Crippen LogP contribution in [0.5, 0.6) is 0 Å². The van der Waals surface area contributed by atoms with Crippen molar-refractivity contribution in [2.75, 3.05) is 0 Å². The minimum absolute atomic E-state index is 0.0978. The summed E-state index contributed by atoms with van der Waals surface area (Å²) in [5, 5.41) is 19.4. The third kappa shape index (κ3) is 6.72. The molecule has 2 fully saturated rings. The first-order chi connectivity index (χ1) is 13.5. The van der Waals surface area contributed by atoms with Crippen molar-refractivity contribution < 1.29 is 19.8 Å². The fourth-order valence-electron chi connectivity index (χ4n) is 5.02. The molecule has 2 aliphatic carbocycles. The summed E-state index contributed by atoms with van der Waals surface area (Å²) in [6, 6.07) is 0. The van der Waals surface area contributed by atoms with Crippen molar-refractivity contribution in [3.63, 3.8) is 0 Å². The van der Waals surface area contributed by atoms with Crippen LogP contribution in [0.25, 0.3) is 0 Å². The van der Waals surface area contributed by atoms with Crippen LogP contribution in [0.2, 0.25) is 0 Å². The Labute approximate surface area is 170 Å². The Balaban J connectivity index is 1.74. The van der Waals surface area contributed by atoms with Crippen LogP contribution in [0, 0.1) is 17.3 Å². The number of carboxylic acids is 1. The molecule has 28 heavy (non-hydrogen) atoms. The van der Waals surface area contributed by atoms with E-state index >= 15 is 0 Å². The quantitative estimate of drug-likeness (QED) is 0.295. The van der Waals surface area contributed by atoms with Gasteiger partial charge in [-0.05, 0) is 49.9 Å². The third-order valence-corrected chi connectivity index (χ3v) is 7.11. The summed E-state index contributed by atoms with van der Waals surface area (Å²) in [6.45, 7) is 2.20. The lowest BCUT2D eigenvalue weighted by molar-refractivity contribution is -0.137. The number of carbonyl (C=O) groups is 2. The molecule has 2 N–H and O–H groups in total. The van der Waals surface area contributed by atoms with Crippen LogP contribution >= 0.6 is 0 Å². The van der Waals surface area contributed by atoms with E-state index < -0.39 is 5.97 Å². The van der Waals surface area contributed by atoms with Gasteiger partial charge in [0.15, 0.2) is 0 Å². The highest BCUT2D eigenvalue weighted by Gasteiger charge is 2.42. The van der Waals surface area contributed by atoms with E-state index in [1.54, 1.807) is 0 Å². The number of allylic oxidation sites excluding steroid dienone is 1. The summed E-state index contributed by atoms with van der Waals surface area (Å²) >= 11 is 0. The van der Waals surface area contributed by atoms with Crippen LogP contribution in [0.3, 0.4) is 0 Å². The van der Waals surface area contributed by atoms with E-state index in [1.807, 2.05) is 6.08 Å². The van der Waals surface area contributed by atoms with Gasteiger partial charge in [0, 0.05) is 18.8 Å². The highest BCUT2D eigenvalue weighted by molar-refractivity contribution is 5.83. The molecule has 3 atom stereocenters. The largest absolute Gasteiger partial charge is 0.481 e. The fourth-order valence-corrected chi connectivity index (χ4v) is 5.02. The van der Waals surface area contributed by atoms with Crippen molar-refractivity contribution in [2.24, 2.45) is 17.3 Å². The Morgan fingerprint density at radius 3 is 2.54 bits per heavy atom. The van der Waals surface area contributed by atoms with Crippen LogP contribution in [-0.4, -0.2) is 28.1 Å². The first-order valence-electron chi connectivity index (χ1n) is 11.6. The number of carbonyl (C=O) groups excluding carboxylic acids is 1. The Hall–Kier alpha value is -1.16. The molecular weight excluding hydrogens is 352 g/mol. The molecule has 2 rings (SSSR count). The van der Waals surface area contributed by atoms with Crippen molar-refractivity contribution in [2.45, 2.75) is 109 Å². The maximum absolute atomic E-state index is 12.3. The number of Topliss-reactive ketones (excluding diaryl/α,β-unsaturated/α-hetero) is 1. The van der Waals surface area contributed by atoms with E-state index in [0.717, 1.165) is 64.2 Å². The molecule has 0 radical (unpaired) electrons. The van der Waals surface area contributed by atoms with E-state index in [9.17, 15) is 14.7 Å². The summed E-state index contributed by atoms with van der Waals surface area (Å²) in [5.41, 5.74) is 0.0978. The second-order valence-corrected chi connectivity index (χ2v) is 9.12. The SMILES string of the molecule is CCCCC1([C@H](O)/C=C/C2CCC(=O)[C@@H]2CCCCCCCC(=O)O)CCC1. The maximum atomic E-state index is 12.3. The maximum Gasteiger partial charge on any atom is 0.303 e. The molecule has 0 aromatic carbocycles. The second-order valence-electron chi connectivity index (χ2n) is 9.12. The normalized spacial score (nSPS) is 25.1. The lowest BCUT2D eigenvalue weighted by Gasteiger charge is -2.45. The molecule has 4 nitrogen and oxygen atoms in total. The van der Waals surface area contributed by atoms with Crippen LogP contribution in [0.15, 0.2) is 12.2 Å². The van der Waals surface area contributed by atoms with E-state index in [2.05, 4.69) is 13.0 Å². The first kappa shape index (κ1) is 23.1. The highest BCUT2D eigenvalue weighted by Crippen LogP contribution is 2.48. The number of hydrogen-bond acceptors (Lipinski definition) is 3. The number of carboxylic acid groups (broad SMARTS) is 1. The predicted octanol–water partition coefficient (Wildman–Crippen LogP) is 5.67. The molecule has 0 heterocycles. The first-order valence-corrected chi connectivity index (χ1v) is 11.6. The Morgan fingerprint density at radius 2 is 1.89 bits per heavy atom. The van der Waals surface area contributed by atoms with E-state index in [4.69, 9.17) is 5.11 Å². The summed E-state index contributed by atoms with van der Waals surface area (Å²) in [7, 11) is 0. The smallest absolute Gasteiger partial charge is 0.303 e. The molecule has 0 aromatic rings. The molecule has 0 amide bonds. The average Bonchev–Trinajstić information content (AvgIpc) is 2.98. The number of aliphatic carboxylic acids is 1. The van der Waals surface area contributed by atoms with Crippen molar-refractivity contribution in [3.05, 3.63) is 12.2 Å². The number of ketones is 1. The predicted molar refractivity (Wildman–Crippen MR) is 112 cm³/mol. The molecule has 2 saturated carbocycles. The van der Waals surface area contributed by atoms with Crippen molar-refractivity contribution in [1.82, 2.24) is 0 Å². The molecule has 1 unspecified atom stereocenters. The molecule has 0 aliphatic heterocycles. The van der Waals surface area contributed by atoms with Gasteiger partial charge in [0.25, 0.3) is 0 Å². The molecule has 160 valence electrons. The highest BCUT2D eigenvalue weighted by atomic mass is 16.4. The average molecular weight is 393 g/mol. The van der Waals surface area contributed by atoms with E-state index in [0.29, 0.717) is 12.2 Å². The number of hydrogen-bond donors (Lipinski definition) is 2. The zero-order valence-electron chi connectivity index (χ0n) is 17.7. The fraction of sp³-hybridized carbons (Fsp3) is 0.833. The van der Waals surface area contributed by atoms with Crippen LogP contribution in [0.1, 0.15) is 103 Å². The van der Waals surface area contributed by atoms with Gasteiger partial charge in [0.1, 0.15) is 5.78 Å². The van der Waals surface area contributed by atoms with Crippen LogP contribution in [0.4, 0.5) is 0 Å². The van der Waals surface area contributed by atoms with Gasteiger partial charge in [-0.25, -0.2) is 0 Å². The number of aliphatic hydroxyl groups excluding tert-OH is 1. The van der Waals surface area contributed by atoms with Gasteiger partial charge in [-0.3, -0.25) is 9.59 Å². The van der Waals surface area contributed by atoms with Crippen molar-refractivity contribution in [1.29, 1.82) is 0 Å². The van der Waals surface area contributed by atoms with E-state index in [-0.39, 0.29) is 29.8 Å². The second kappa shape index (κ2) is 11.7. The topological polar surface area (TPSA) is 74.6 Å². The zero-order valence-corrected chi connectivity index (χ0v) is 17.7. The Kier molecular flexibility index (Phi) is 9.70.